The van der Waals surface area contributed by atoms with Crippen LogP contribution in [0.25, 0.3) is 0 Å². The summed E-state index contributed by atoms with van der Waals surface area (Å²) in [4.78, 5) is 13.9. The minimum Gasteiger partial charge on any atom is -0.428 e. The SMILES string of the molecule is O=C(OC(C(F)(F)F)(C(F)(F)F)C(F)(F)F)c1cccc([S+](c2ccccc2)c2ccccc2)c1. The van der Waals surface area contributed by atoms with E-state index < -0.39 is 46.6 Å². The van der Waals surface area contributed by atoms with Crippen LogP contribution in [0, 0.1) is 0 Å². The number of hydrogen-bond acceptors (Lipinski definition) is 2. The molecule has 35 heavy (non-hydrogen) atoms. The third-order valence-corrected chi connectivity index (χ3v) is 6.92. The van der Waals surface area contributed by atoms with Crippen molar-refractivity contribution in [2.45, 2.75) is 38.8 Å². The first-order valence-corrected chi connectivity index (χ1v) is 10.8. The van der Waals surface area contributed by atoms with E-state index in [4.69, 9.17) is 0 Å². The number of halogens is 9. The van der Waals surface area contributed by atoms with Crippen molar-refractivity contribution < 1.29 is 49.0 Å². The highest BCUT2D eigenvalue weighted by Gasteiger charge is 2.87. The average Bonchev–Trinajstić information content (AvgIpc) is 2.76. The highest BCUT2D eigenvalue weighted by molar-refractivity contribution is 7.97. The van der Waals surface area contributed by atoms with Gasteiger partial charge in [0.25, 0.3) is 0 Å². The van der Waals surface area contributed by atoms with Gasteiger partial charge in [-0.25, -0.2) is 4.79 Å². The van der Waals surface area contributed by atoms with Crippen LogP contribution >= 0.6 is 0 Å². The zero-order valence-corrected chi connectivity index (χ0v) is 18.0. The van der Waals surface area contributed by atoms with Gasteiger partial charge >= 0.3 is 30.1 Å². The number of carbonyl (C=O) groups is 1. The molecule has 0 unspecified atom stereocenters. The fourth-order valence-corrected chi connectivity index (χ4v) is 5.26. The van der Waals surface area contributed by atoms with Gasteiger partial charge in [-0.15, -0.1) is 0 Å². The molecule has 12 heteroatoms. The van der Waals surface area contributed by atoms with Crippen molar-refractivity contribution in [3.05, 3.63) is 90.5 Å². The summed E-state index contributed by atoms with van der Waals surface area (Å²) >= 11 is 0. The molecule has 0 saturated heterocycles. The Morgan fingerprint density at radius 3 is 1.37 bits per heavy atom. The first kappa shape index (κ1) is 26.5. The fraction of sp³-hybridized carbons (Fsp3) is 0.174. The van der Waals surface area contributed by atoms with Crippen molar-refractivity contribution >= 4 is 16.9 Å². The predicted octanol–water partition coefficient (Wildman–Crippen LogP) is 7.36. The average molecular weight is 525 g/mol. The minimum absolute atomic E-state index is 0.258. The van der Waals surface area contributed by atoms with Gasteiger partial charge in [0.05, 0.1) is 16.5 Å². The van der Waals surface area contributed by atoms with Gasteiger partial charge in [0.15, 0.2) is 14.7 Å². The molecule has 3 aromatic carbocycles. The Morgan fingerprint density at radius 1 is 0.571 bits per heavy atom. The smallest absolute Gasteiger partial charge is 0.428 e. The van der Waals surface area contributed by atoms with Gasteiger partial charge in [-0.2, -0.15) is 39.5 Å². The van der Waals surface area contributed by atoms with Crippen LogP contribution < -0.4 is 0 Å². The highest BCUT2D eigenvalue weighted by atomic mass is 32.2. The van der Waals surface area contributed by atoms with Gasteiger partial charge in [0.2, 0.25) is 0 Å². The predicted molar refractivity (Wildman–Crippen MR) is 108 cm³/mol. The van der Waals surface area contributed by atoms with Crippen molar-refractivity contribution in [3.8, 4) is 0 Å². The summed E-state index contributed by atoms with van der Waals surface area (Å²) in [5.74, 6) is -2.43. The van der Waals surface area contributed by atoms with Gasteiger partial charge in [0.1, 0.15) is 0 Å². The number of hydrogen-bond donors (Lipinski definition) is 0. The molecule has 0 radical (unpaired) electrons. The van der Waals surface area contributed by atoms with E-state index in [9.17, 15) is 44.3 Å². The second-order valence-corrected chi connectivity index (χ2v) is 9.05. The number of esters is 1. The number of rotatable bonds is 5. The summed E-state index contributed by atoms with van der Waals surface area (Å²) in [6.07, 6.45) is -21.1. The maximum absolute atomic E-state index is 13.2. The molecule has 0 aromatic heterocycles. The first-order valence-electron chi connectivity index (χ1n) is 9.57. The normalized spacial score (nSPS) is 13.1. The van der Waals surface area contributed by atoms with E-state index >= 15 is 0 Å². The Morgan fingerprint density at radius 2 is 0.971 bits per heavy atom. The van der Waals surface area contributed by atoms with E-state index in [-0.39, 0.29) is 4.90 Å². The van der Waals surface area contributed by atoms with Crippen molar-refractivity contribution in [3.63, 3.8) is 0 Å². The molecule has 0 fully saturated rings. The highest BCUT2D eigenvalue weighted by Crippen LogP contribution is 2.55. The third-order valence-electron chi connectivity index (χ3n) is 4.71. The molecule has 0 aliphatic carbocycles. The Kier molecular flexibility index (Phi) is 7.16. The number of benzene rings is 3. The molecule has 0 aliphatic heterocycles. The van der Waals surface area contributed by atoms with Crippen LogP contribution in [0.4, 0.5) is 39.5 Å². The van der Waals surface area contributed by atoms with E-state index in [0.29, 0.717) is 9.79 Å². The number of alkyl halides is 9. The first-order chi connectivity index (χ1) is 16.2. The van der Waals surface area contributed by atoms with E-state index in [1.165, 1.54) is 6.07 Å². The molecular formula is C23H14F9O2S+. The third kappa shape index (κ3) is 5.12. The Hall–Kier alpha value is -3.15. The second kappa shape index (κ2) is 9.48. The van der Waals surface area contributed by atoms with Crippen molar-refractivity contribution in [2.75, 3.05) is 0 Å². The molecule has 186 valence electrons. The maximum Gasteiger partial charge on any atom is 0.447 e. The summed E-state index contributed by atoms with van der Waals surface area (Å²) in [6.45, 7) is 0. The molecule has 2 nitrogen and oxygen atoms in total. The van der Waals surface area contributed by atoms with E-state index in [0.717, 1.165) is 18.2 Å². The Balaban J connectivity index is 2.09. The molecule has 0 spiro atoms. The van der Waals surface area contributed by atoms with Crippen LogP contribution in [0.15, 0.2) is 99.6 Å². The van der Waals surface area contributed by atoms with Crippen LogP contribution in [0.1, 0.15) is 10.4 Å². The standard InChI is InChI=1S/C23H14F9O2S/c24-21(25,26)20(22(27,28)29,23(30,31)32)34-19(33)15-8-7-13-18(14-15)35(16-9-3-1-4-10-16)17-11-5-2-6-12-17/h1-14H/q+1. The summed E-state index contributed by atoms with van der Waals surface area (Å²) in [5, 5.41) is 0. The quantitative estimate of drug-likeness (QED) is 0.198. The maximum atomic E-state index is 13.2. The lowest BCUT2D eigenvalue weighted by Gasteiger charge is -2.37. The monoisotopic (exact) mass is 525 g/mol. The molecule has 3 rings (SSSR count). The van der Waals surface area contributed by atoms with Crippen LogP contribution in [0.5, 0.6) is 0 Å². The van der Waals surface area contributed by atoms with Crippen LogP contribution in [0.3, 0.4) is 0 Å². The van der Waals surface area contributed by atoms with Crippen LogP contribution in [0.2, 0.25) is 0 Å². The van der Waals surface area contributed by atoms with Gasteiger partial charge in [-0.1, -0.05) is 42.5 Å². The van der Waals surface area contributed by atoms with E-state index in [1.54, 1.807) is 60.7 Å². The molecular weight excluding hydrogens is 511 g/mol. The largest absolute Gasteiger partial charge is 0.447 e. The number of ether oxygens (including phenoxy) is 1. The van der Waals surface area contributed by atoms with Gasteiger partial charge in [-0.05, 0) is 36.4 Å². The number of carbonyl (C=O) groups excluding carboxylic acids is 1. The Bertz CT molecular complexity index is 1080. The molecule has 0 heterocycles. The summed E-state index contributed by atoms with van der Waals surface area (Å²) in [6, 6.07) is 21.3. The second-order valence-electron chi connectivity index (χ2n) is 7.02. The Labute approximate surface area is 195 Å². The van der Waals surface area contributed by atoms with Gasteiger partial charge in [-0.3, -0.25) is 0 Å². The molecule has 0 amide bonds. The molecule has 0 saturated carbocycles. The summed E-state index contributed by atoms with van der Waals surface area (Å²) in [5.41, 5.74) is -7.60. The van der Waals surface area contributed by atoms with E-state index in [1.807, 2.05) is 0 Å². The summed E-state index contributed by atoms with van der Waals surface area (Å²) < 4.78 is 122. The van der Waals surface area contributed by atoms with Crippen molar-refractivity contribution in [2.24, 2.45) is 0 Å². The topological polar surface area (TPSA) is 26.3 Å². The van der Waals surface area contributed by atoms with Gasteiger partial charge in [0, 0.05) is 6.07 Å². The van der Waals surface area contributed by atoms with Crippen molar-refractivity contribution in [1.29, 1.82) is 0 Å². The van der Waals surface area contributed by atoms with Gasteiger partial charge < -0.3 is 4.74 Å². The molecule has 3 aromatic rings. The van der Waals surface area contributed by atoms with Crippen LogP contribution in [-0.4, -0.2) is 30.1 Å². The lowest BCUT2D eigenvalue weighted by atomic mass is 10.0. The van der Waals surface area contributed by atoms with E-state index in [2.05, 4.69) is 4.74 Å². The van der Waals surface area contributed by atoms with Crippen molar-refractivity contribution in [1.82, 2.24) is 0 Å². The molecule has 0 aliphatic rings. The zero-order chi connectivity index (χ0) is 26.1. The molecule has 0 atom stereocenters. The molecule has 0 N–H and O–H groups in total. The summed E-state index contributed by atoms with van der Waals surface area (Å²) in [7, 11) is -0.990. The lowest BCUT2D eigenvalue weighted by molar-refractivity contribution is -0.443. The minimum atomic E-state index is -7.02. The van der Waals surface area contributed by atoms with Crippen LogP contribution in [-0.2, 0) is 15.6 Å². The molecule has 0 bridgehead atoms. The zero-order valence-electron chi connectivity index (χ0n) is 17.2. The fourth-order valence-electron chi connectivity index (χ4n) is 3.13. The lowest BCUT2D eigenvalue weighted by Crippen LogP contribution is -2.68.